The van der Waals surface area contributed by atoms with Gasteiger partial charge in [0.15, 0.2) is 6.61 Å². The number of carbonyl (C=O) groups is 2. The number of phenols is 1. The Bertz CT molecular complexity index is 797. The molecule has 1 aromatic heterocycles. The van der Waals surface area contributed by atoms with Crippen molar-refractivity contribution < 1.29 is 23.8 Å². The van der Waals surface area contributed by atoms with Crippen LogP contribution in [0, 0.1) is 11.8 Å². The van der Waals surface area contributed by atoms with Gasteiger partial charge in [-0.25, -0.2) is 0 Å². The van der Waals surface area contributed by atoms with Gasteiger partial charge in [-0.1, -0.05) is 26.7 Å². The van der Waals surface area contributed by atoms with Crippen LogP contribution < -0.4 is 5.32 Å². The molecule has 0 bridgehead atoms. The standard InChI is InChI=1S/C20H25NO5/c1-12-4-3-5-17(13(12)2)21-19(23)11-26-20(24)8-14-10-25-18-9-15(22)6-7-16(14)18/h6-7,9-10,12-13,17,22H,3-5,8,11H2,1-2H3,(H,21,23)/t12-,13+,17+/m0/s1. The lowest BCUT2D eigenvalue weighted by Gasteiger charge is -2.34. The van der Waals surface area contributed by atoms with Crippen molar-refractivity contribution in [3.05, 3.63) is 30.0 Å². The number of phenolic OH excluding ortho intramolecular Hbond substituents is 1. The quantitative estimate of drug-likeness (QED) is 0.801. The Hall–Kier alpha value is -2.50. The van der Waals surface area contributed by atoms with Crippen molar-refractivity contribution in [1.29, 1.82) is 0 Å². The smallest absolute Gasteiger partial charge is 0.310 e. The number of hydrogen-bond donors (Lipinski definition) is 2. The Morgan fingerprint density at radius 2 is 2.12 bits per heavy atom. The molecule has 6 heteroatoms. The molecule has 0 unspecified atom stereocenters. The Kier molecular flexibility index (Phi) is 5.49. The number of fused-ring (bicyclic) bond motifs is 1. The third-order valence-electron chi connectivity index (χ3n) is 5.39. The van der Waals surface area contributed by atoms with E-state index in [0.717, 1.165) is 18.2 Å². The van der Waals surface area contributed by atoms with Crippen LogP contribution in [-0.2, 0) is 20.7 Å². The Morgan fingerprint density at radius 3 is 2.92 bits per heavy atom. The number of rotatable bonds is 5. The fraction of sp³-hybridized carbons (Fsp3) is 0.500. The first-order valence-electron chi connectivity index (χ1n) is 9.08. The van der Waals surface area contributed by atoms with E-state index < -0.39 is 5.97 Å². The van der Waals surface area contributed by atoms with Crippen LogP contribution in [0.1, 0.15) is 38.7 Å². The van der Waals surface area contributed by atoms with E-state index in [1.54, 1.807) is 6.07 Å². The van der Waals surface area contributed by atoms with Gasteiger partial charge in [-0.05, 0) is 30.4 Å². The minimum absolute atomic E-state index is 0.0158. The van der Waals surface area contributed by atoms with E-state index in [9.17, 15) is 14.7 Å². The molecule has 1 aliphatic rings. The van der Waals surface area contributed by atoms with E-state index in [2.05, 4.69) is 19.2 Å². The molecule has 1 saturated carbocycles. The van der Waals surface area contributed by atoms with Crippen molar-refractivity contribution in [3.63, 3.8) is 0 Å². The molecule has 0 spiro atoms. The third kappa shape index (κ3) is 4.18. The Labute approximate surface area is 152 Å². The van der Waals surface area contributed by atoms with Crippen molar-refractivity contribution in [2.45, 2.75) is 45.6 Å². The highest BCUT2D eigenvalue weighted by atomic mass is 16.5. The summed E-state index contributed by atoms with van der Waals surface area (Å²) in [5.74, 6) is 0.374. The third-order valence-corrected chi connectivity index (χ3v) is 5.39. The lowest BCUT2D eigenvalue weighted by atomic mass is 9.78. The molecule has 0 saturated heterocycles. The maximum Gasteiger partial charge on any atom is 0.310 e. The summed E-state index contributed by atoms with van der Waals surface area (Å²) in [6, 6.07) is 4.86. The maximum atomic E-state index is 12.1. The van der Waals surface area contributed by atoms with Crippen molar-refractivity contribution in [3.8, 4) is 5.75 Å². The van der Waals surface area contributed by atoms with Crippen LogP contribution in [0.3, 0.4) is 0 Å². The van der Waals surface area contributed by atoms with Gasteiger partial charge in [0.05, 0.1) is 12.7 Å². The zero-order valence-corrected chi connectivity index (χ0v) is 15.2. The van der Waals surface area contributed by atoms with Crippen LogP contribution in [-0.4, -0.2) is 29.6 Å². The van der Waals surface area contributed by atoms with Crippen molar-refractivity contribution in [2.24, 2.45) is 11.8 Å². The van der Waals surface area contributed by atoms with Gasteiger partial charge in [-0.15, -0.1) is 0 Å². The van der Waals surface area contributed by atoms with E-state index >= 15 is 0 Å². The highest BCUT2D eigenvalue weighted by Crippen LogP contribution is 2.29. The number of aromatic hydroxyl groups is 1. The molecule has 1 amide bonds. The van der Waals surface area contributed by atoms with Crippen LogP contribution in [0.15, 0.2) is 28.9 Å². The molecule has 0 aliphatic heterocycles. The second kappa shape index (κ2) is 7.81. The molecule has 1 fully saturated rings. The summed E-state index contributed by atoms with van der Waals surface area (Å²) in [5.41, 5.74) is 1.17. The molecule has 3 atom stereocenters. The van der Waals surface area contributed by atoms with Gasteiger partial charge >= 0.3 is 5.97 Å². The lowest BCUT2D eigenvalue weighted by molar-refractivity contribution is -0.148. The fourth-order valence-electron chi connectivity index (χ4n) is 3.60. The van der Waals surface area contributed by atoms with E-state index in [1.165, 1.54) is 24.8 Å². The van der Waals surface area contributed by atoms with E-state index in [1.807, 2.05) is 0 Å². The molecule has 0 radical (unpaired) electrons. The number of esters is 1. The number of amides is 1. The minimum Gasteiger partial charge on any atom is -0.508 e. The molecule has 3 rings (SSSR count). The van der Waals surface area contributed by atoms with Crippen LogP contribution in [0.2, 0.25) is 0 Å². The van der Waals surface area contributed by atoms with E-state index in [4.69, 9.17) is 9.15 Å². The molecule has 6 nitrogen and oxygen atoms in total. The summed E-state index contributed by atoms with van der Waals surface area (Å²) < 4.78 is 10.4. The number of hydrogen-bond acceptors (Lipinski definition) is 5. The average Bonchev–Trinajstić information content (AvgIpc) is 2.99. The van der Waals surface area contributed by atoms with E-state index in [-0.39, 0.29) is 30.7 Å². The zero-order valence-electron chi connectivity index (χ0n) is 15.2. The summed E-state index contributed by atoms with van der Waals surface area (Å²) >= 11 is 0. The lowest BCUT2D eigenvalue weighted by Crippen LogP contribution is -2.45. The summed E-state index contributed by atoms with van der Waals surface area (Å²) in [7, 11) is 0. The predicted molar refractivity (Wildman–Crippen MR) is 96.7 cm³/mol. The summed E-state index contributed by atoms with van der Waals surface area (Å²) in [6.07, 6.45) is 4.76. The van der Waals surface area contributed by atoms with Gasteiger partial charge in [-0.2, -0.15) is 0 Å². The van der Waals surface area contributed by atoms with E-state index in [0.29, 0.717) is 23.0 Å². The molecular formula is C20H25NO5. The second-order valence-corrected chi connectivity index (χ2v) is 7.22. The average molecular weight is 359 g/mol. The molecular weight excluding hydrogens is 334 g/mol. The van der Waals surface area contributed by atoms with Crippen molar-refractivity contribution in [2.75, 3.05) is 6.61 Å². The number of benzene rings is 1. The van der Waals surface area contributed by atoms with Crippen LogP contribution in [0.25, 0.3) is 11.0 Å². The van der Waals surface area contributed by atoms with Gasteiger partial charge in [0.1, 0.15) is 11.3 Å². The Balaban J connectivity index is 1.49. The molecule has 26 heavy (non-hydrogen) atoms. The molecule has 2 N–H and O–H groups in total. The highest BCUT2D eigenvalue weighted by Gasteiger charge is 2.28. The normalized spacial score (nSPS) is 22.9. The molecule has 1 aliphatic carbocycles. The summed E-state index contributed by atoms with van der Waals surface area (Å²) in [4.78, 5) is 24.1. The Morgan fingerprint density at radius 1 is 1.31 bits per heavy atom. The predicted octanol–water partition coefficient (Wildman–Crippen LogP) is 3.17. The molecule has 1 aromatic carbocycles. The molecule has 2 aromatic rings. The maximum absolute atomic E-state index is 12.1. The molecule has 140 valence electrons. The van der Waals surface area contributed by atoms with Gasteiger partial charge in [-0.3, -0.25) is 9.59 Å². The first-order valence-corrected chi connectivity index (χ1v) is 9.08. The molecule has 1 heterocycles. The first kappa shape index (κ1) is 18.3. The minimum atomic E-state index is -0.485. The van der Waals surface area contributed by atoms with Crippen LogP contribution in [0.5, 0.6) is 5.75 Å². The van der Waals surface area contributed by atoms with Crippen molar-refractivity contribution >= 4 is 22.8 Å². The number of carbonyl (C=O) groups excluding carboxylic acids is 2. The summed E-state index contributed by atoms with van der Waals surface area (Å²) in [6.45, 7) is 4.09. The second-order valence-electron chi connectivity index (χ2n) is 7.22. The van der Waals surface area contributed by atoms with Crippen molar-refractivity contribution in [1.82, 2.24) is 5.32 Å². The highest BCUT2D eigenvalue weighted by molar-refractivity contribution is 5.87. The topological polar surface area (TPSA) is 88.8 Å². The largest absolute Gasteiger partial charge is 0.508 e. The first-order chi connectivity index (χ1) is 12.4. The zero-order chi connectivity index (χ0) is 18.7. The summed E-state index contributed by atoms with van der Waals surface area (Å²) in [5, 5.41) is 13.2. The SMILES string of the molecule is C[C@@H]1[C@@H](C)CCC[C@H]1NC(=O)COC(=O)Cc1coc2cc(O)ccc12. The van der Waals surface area contributed by atoms with Gasteiger partial charge in [0.2, 0.25) is 0 Å². The number of furan rings is 1. The van der Waals surface area contributed by atoms with Crippen LogP contribution >= 0.6 is 0 Å². The number of nitrogens with one attached hydrogen (secondary N) is 1. The monoisotopic (exact) mass is 359 g/mol. The van der Waals surface area contributed by atoms with Gasteiger partial charge in [0.25, 0.3) is 5.91 Å². The number of ether oxygens (including phenoxy) is 1. The van der Waals surface area contributed by atoms with Gasteiger partial charge in [0, 0.05) is 23.1 Å². The van der Waals surface area contributed by atoms with Gasteiger partial charge < -0.3 is 19.6 Å². The van der Waals surface area contributed by atoms with Crippen LogP contribution in [0.4, 0.5) is 0 Å². The fourth-order valence-corrected chi connectivity index (χ4v) is 3.60.